The van der Waals surface area contributed by atoms with Gasteiger partial charge >= 0.3 is 0 Å². The van der Waals surface area contributed by atoms with E-state index < -0.39 is 11.0 Å². The van der Waals surface area contributed by atoms with Gasteiger partial charge in [-0.2, -0.15) is 0 Å². The summed E-state index contributed by atoms with van der Waals surface area (Å²) >= 11 is 0. The average molecular weight is 385 g/mol. The number of aliphatic hydroxyl groups is 1. The van der Waals surface area contributed by atoms with Crippen molar-refractivity contribution in [1.29, 1.82) is 0 Å². The van der Waals surface area contributed by atoms with Crippen molar-refractivity contribution < 1.29 is 14.6 Å². The van der Waals surface area contributed by atoms with Crippen LogP contribution in [-0.4, -0.2) is 23.6 Å². The number of ketones is 1. The summed E-state index contributed by atoms with van der Waals surface area (Å²) in [5, 5.41) is 11.9. The topological polar surface area (TPSA) is 46.5 Å². The van der Waals surface area contributed by atoms with Crippen LogP contribution in [0.2, 0.25) is 0 Å². The van der Waals surface area contributed by atoms with Crippen LogP contribution in [0.15, 0.2) is 59.4 Å². The van der Waals surface area contributed by atoms with E-state index in [4.69, 9.17) is 4.74 Å². The van der Waals surface area contributed by atoms with Gasteiger partial charge in [0.25, 0.3) is 0 Å². The molecule has 0 aliphatic heterocycles. The normalized spacial score (nSPS) is 31.9. The highest BCUT2D eigenvalue weighted by molar-refractivity contribution is 5.98. The molecule has 2 aliphatic carbocycles. The second kappa shape index (κ2) is 8.65. The summed E-state index contributed by atoms with van der Waals surface area (Å²) in [4.78, 5) is 13.6. The van der Waals surface area contributed by atoms with Gasteiger partial charge in [-0.3, -0.25) is 4.79 Å². The molecule has 0 bridgehead atoms. The monoisotopic (exact) mass is 384 g/mol. The molecule has 4 atom stereocenters. The first-order chi connectivity index (χ1) is 13.1. The molecule has 0 aromatic carbocycles. The minimum Gasteiger partial charge on any atom is -0.498 e. The maximum Gasteiger partial charge on any atom is 0.166 e. The zero-order valence-corrected chi connectivity index (χ0v) is 18.3. The molecule has 0 radical (unpaired) electrons. The van der Waals surface area contributed by atoms with Gasteiger partial charge < -0.3 is 9.84 Å². The van der Waals surface area contributed by atoms with Gasteiger partial charge in [0.2, 0.25) is 0 Å². The number of methoxy groups -OCH3 is 1. The Hall–Kier alpha value is -1.87. The van der Waals surface area contributed by atoms with Crippen LogP contribution in [0.4, 0.5) is 0 Å². The maximum atomic E-state index is 13.6. The van der Waals surface area contributed by atoms with Crippen LogP contribution < -0.4 is 0 Å². The first-order valence-corrected chi connectivity index (χ1v) is 10.2. The van der Waals surface area contributed by atoms with Crippen LogP contribution in [0.25, 0.3) is 0 Å². The van der Waals surface area contributed by atoms with Crippen molar-refractivity contribution in [3.8, 4) is 0 Å². The number of carbonyl (C=O) groups is 1. The maximum absolute atomic E-state index is 13.6. The van der Waals surface area contributed by atoms with Crippen molar-refractivity contribution >= 4 is 5.78 Å². The lowest BCUT2D eigenvalue weighted by molar-refractivity contribution is -0.150. The van der Waals surface area contributed by atoms with E-state index in [2.05, 4.69) is 39.5 Å². The first-order valence-electron chi connectivity index (χ1n) is 10.2. The summed E-state index contributed by atoms with van der Waals surface area (Å²) in [5.74, 6) is 0.226. The summed E-state index contributed by atoms with van der Waals surface area (Å²) in [6.07, 6.45) is 12.3. The number of hydrogen-bond donors (Lipinski definition) is 1. The second-order valence-electron chi connectivity index (χ2n) is 8.83. The van der Waals surface area contributed by atoms with Gasteiger partial charge in [-0.15, -0.1) is 6.58 Å². The van der Waals surface area contributed by atoms with Crippen LogP contribution >= 0.6 is 0 Å². The fraction of sp³-hybridized carbons (Fsp3) is 0.560. The Morgan fingerprint density at radius 1 is 1.25 bits per heavy atom. The molecule has 0 amide bonds. The van der Waals surface area contributed by atoms with E-state index in [0.29, 0.717) is 25.0 Å². The van der Waals surface area contributed by atoms with Crippen molar-refractivity contribution in [2.45, 2.75) is 65.9 Å². The van der Waals surface area contributed by atoms with E-state index in [-0.39, 0.29) is 17.6 Å². The molecule has 4 unspecified atom stereocenters. The molecule has 0 aromatic heterocycles. The minimum atomic E-state index is -1.20. The highest BCUT2D eigenvalue weighted by Gasteiger charge is 2.61. The van der Waals surface area contributed by atoms with Crippen LogP contribution in [0.3, 0.4) is 0 Å². The zero-order chi connectivity index (χ0) is 21.1. The van der Waals surface area contributed by atoms with Crippen molar-refractivity contribution in [1.82, 2.24) is 0 Å². The molecule has 0 saturated carbocycles. The quantitative estimate of drug-likeness (QED) is 0.574. The van der Waals surface area contributed by atoms with Gasteiger partial charge in [-0.1, -0.05) is 41.0 Å². The largest absolute Gasteiger partial charge is 0.498 e. The summed E-state index contributed by atoms with van der Waals surface area (Å²) in [6, 6.07) is 0. The average Bonchev–Trinajstić information content (AvgIpc) is 2.62. The van der Waals surface area contributed by atoms with E-state index >= 15 is 0 Å². The van der Waals surface area contributed by atoms with E-state index in [1.807, 2.05) is 26.0 Å². The number of allylic oxidation sites excluding steroid dienone is 7. The zero-order valence-electron chi connectivity index (χ0n) is 18.3. The lowest BCUT2D eigenvalue weighted by atomic mass is 9.49. The Morgan fingerprint density at radius 2 is 1.89 bits per heavy atom. The molecule has 2 aliphatic rings. The van der Waals surface area contributed by atoms with Crippen molar-refractivity contribution in [3.05, 3.63) is 59.4 Å². The number of hydrogen-bond acceptors (Lipinski definition) is 3. The third-order valence-corrected chi connectivity index (χ3v) is 6.48. The first kappa shape index (κ1) is 22.4. The standard InChI is InChI=1S/C25H36O3/c1-8-14-24-20(11-9-17(2)3)19(6)10-12-21(24)25(27,15-13-18(4)5)23(28-7)16-22(24)26/h8-10,13,16,20-21,27H,1,11-12,14-15H2,2-7H3. The van der Waals surface area contributed by atoms with Gasteiger partial charge in [0.15, 0.2) is 5.78 Å². The SMILES string of the molecule is C=CCC12C(=O)C=C(OC)C(O)(CC=C(C)C)C1CC=C(C)C2CC=C(C)C. The Balaban J connectivity index is 2.71. The Bertz CT molecular complexity index is 744. The van der Waals surface area contributed by atoms with Crippen LogP contribution in [-0.2, 0) is 9.53 Å². The fourth-order valence-electron chi connectivity index (χ4n) is 5.03. The molecule has 2 rings (SSSR count). The van der Waals surface area contributed by atoms with E-state index in [1.165, 1.54) is 18.3 Å². The van der Waals surface area contributed by atoms with Crippen LogP contribution in [0, 0.1) is 17.3 Å². The molecular weight excluding hydrogens is 348 g/mol. The molecule has 0 aromatic rings. The molecular formula is C25H36O3. The number of fused-ring (bicyclic) bond motifs is 1. The molecule has 154 valence electrons. The van der Waals surface area contributed by atoms with Crippen molar-refractivity contribution in [2.24, 2.45) is 17.3 Å². The molecule has 3 heteroatoms. The second-order valence-corrected chi connectivity index (χ2v) is 8.83. The summed E-state index contributed by atoms with van der Waals surface area (Å²) in [6.45, 7) is 14.3. The minimum absolute atomic E-state index is 0.0412. The van der Waals surface area contributed by atoms with Crippen LogP contribution in [0.5, 0.6) is 0 Å². The van der Waals surface area contributed by atoms with Gasteiger partial charge in [-0.25, -0.2) is 0 Å². The highest BCUT2D eigenvalue weighted by Crippen LogP contribution is 2.59. The van der Waals surface area contributed by atoms with Crippen molar-refractivity contribution in [2.75, 3.05) is 7.11 Å². The molecule has 0 saturated heterocycles. The lowest BCUT2D eigenvalue weighted by Gasteiger charge is -2.55. The van der Waals surface area contributed by atoms with Crippen molar-refractivity contribution in [3.63, 3.8) is 0 Å². The number of rotatable bonds is 7. The van der Waals surface area contributed by atoms with E-state index in [9.17, 15) is 9.90 Å². The summed E-state index contributed by atoms with van der Waals surface area (Å²) < 4.78 is 5.54. The number of ether oxygens (including phenoxy) is 1. The third kappa shape index (κ3) is 3.82. The Kier molecular flexibility index (Phi) is 6.93. The fourth-order valence-corrected chi connectivity index (χ4v) is 5.03. The number of carbonyl (C=O) groups excluding carboxylic acids is 1. The van der Waals surface area contributed by atoms with Gasteiger partial charge in [0, 0.05) is 23.8 Å². The highest BCUT2D eigenvalue weighted by atomic mass is 16.5. The predicted octanol–water partition coefficient (Wildman–Crippen LogP) is 5.69. The van der Waals surface area contributed by atoms with E-state index in [0.717, 1.165) is 12.0 Å². The molecule has 28 heavy (non-hydrogen) atoms. The smallest absolute Gasteiger partial charge is 0.166 e. The Morgan fingerprint density at radius 3 is 2.43 bits per heavy atom. The summed E-state index contributed by atoms with van der Waals surface area (Å²) in [7, 11) is 1.54. The van der Waals surface area contributed by atoms with Gasteiger partial charge in [0.05, 0.1) is 7.11 Å². The molecule has 0 spiro atoms. The van der Waals surface area contributed by atoms with Gasteiger partial charge in [-0.05, 0) is 59.8 Å². The predicted molar refractivity (Wildman–Crippen MR) is 116 cm³/mol. The lowest BCUT2D eigenvalue weighted by Crippen LogP contribution is -2.59. The van der Waals surface area contributed by atoms with Crippen LogP contribution in [0.1, 0.15) is 60.3 Å². The molecule has 3 nitrogen and oxygen atoms in total. The summed E-state index contributed by atoms with van der Waals surface area (Å²) in [5.41, 5.74) is 1.70. The van der Waals surface area contributed by atoms with E-state index in [1.54, 1.807) is 6.08 Å². The molecule has 0 heterocycles. The molecule has 0 fully saturated rings. The third-order valence-electron chi connectivity index (χ3n) is 6.48. The Labute approximate surface area is 170 Å². The molecule has 1 N–H and O–H groups in total. The van der Waals surface area contributed by atoms with Gasteiger partial charge in [0.1, 0.15) is 11.4 Å².